The maximum atomic E-state index is 12.8. The first-order valence-electron chi connectivity index (χ1n) is 8.19. The minimum Gasteiger partial charge on any atom is -0.493 e. The fourth-order valence-corrected chi connectivity index (χ4v) is 4.10. The minimum absolute atomic E-state index is 0. The van der Waals surface area contributed by atoms with Gasteiger partial charge in [0.2, 0.25) is 5.91 Å². The van der Waals surface area contributed by atoms with Crippen molar-refractivity contribution in [2.24, 2.45) is 5.92 Å². The third kappa shape index (κ3) is 5.33. The molecule has 8 heteroatoms. The lowest BCUT2D eigenvalue weighted by Gasteiger charge is -2.34. The third-order valence-electron chi connectivity index (χ3n) is 4.21. The Morgan fingerprint density at radius 2 is 1.96 bits per heavy atom. The quantitative estimate of drug-likeness (QED) is 0.778. The molecule has 0 aromatic heterocycles. The highest BCUT2D eigenvalue weighted by Crippen LogP contribution is 2.30. The number of amides is 1. The third-order valence-corrected chi connectivity index (χ3v) is 6.22. The molecular formula is C17H27ClN2O4S. The molecule has 0 unspecified atom stereocenters. The van der Waals surface area contributed by atoms with Crippen molar-refractivity contribution in [2.75, 3.05) is 31.3 Å². The van der Waals surface area contributed by atoms with Crippen molar-refractivity contribution in [3.05, 3.63) is 24.3 Å². The lowest BCUT2D eigenvalue weighted by Crippen LogP contribution is -2.55. The van der Waals surface area contributed by atoms with E-state index >= 15 is 0 Å². The van der Waals surface area contributed by atoms with E-state index in [1.165, 1.54) is 0 Å². The Bertz CT molecular complexity index is 686. The molecule has 1 saturated heterocycles. The van der Waals surface area contributed by atoms with Crippen LogP contribution >= 0.6 is 12.4 Å². The molecule has 2 rings (SSSR count). The predicted molar refractivity (Wildman–Crippen MR) is 102 cm³/mol. The van der Waals surface area contributed by atoms with Gasteiger partial charge in [0.1, 0.15) is 5.75 Å². The van der Waals surface area contributed by atoms with Crippen LogP contribution in [0.4, 0.5) is 5.69 Å². The molecule has 1 aromatic carbocycles. The Morgan fingerprint density at radius 3 is 2.52 bits per heavy atom. The van der Waals surface area contributed by atoms with Crippen LogP contribution < -0.4 is 15.4 Å². The molecule has 0 atom stereocenters. The van der Waals surface area contributed by atoms with Gasteiger partial charge < -0.3 is 15.4 Å². The van der Waals surface area contributed by atoms with E-state index in [-0.39, 0.29) is 25.2 Å². The second-order valence-electron chi connectivity index (χ2n) is 6.70. The monoisotopic (exact) mass is 390 g/mol. The van der Waals surface area contributed by atoms with E-state index in [2.05, 4.69) is 24.5 Å². The average Bonchev–Trinajstić information content (AvgIpc) is 2.53. The molecule has 1 amide bonds. The lowest BCUT2D eigenvalue weighted by atomic mass is 9.95. The van der Waals surface area contributed by atoms with Crippen molar-refractivity contribution >= 4 is 33.8 Å². The van der Waals surface area contributed by atoms with Crippen molar-refractivity contribution in [2.45, 2.75) is 31.4 Å². The summed E-state index contributed by atoms with van der Waals surface area (Å²) in [7, 11) is -3.52. The molecule has 1 heterocycles. The molecule has 0 spiro atoms. The number of rotatable bonds is 6. The van der Waals surface area contributed by atoms with Crippen LogP contribution in [0, 0.1) is 5.92 Å². The Kier molecular flexibility index (Phi) is 7.71. The van der Waals surface area contributed by atoms with E-state index in [1.54, 1.807) is 18.2 Å². The maximum Gasteiger partial charge on any atom is 0.245 e. The van der Waals surface area contributed by atoms with Gasteiger partial charge >= 0.3 is 0 Å². The summed E-state index contributed by atoms with van der Waals surface area (Å²) in [5.41, 5.74) is 0.544. The van der Waals surface area contributed by atoms with E-state index < -0.39 is 20.5 Å². The molecule has 6 nitrogen and oxygen atoms in total. The number of benzene rings is 1. The zero-order valence-electron chi connectivity index (χ0n) is 14.9. The van der Waals surface area contributed by atoms with Gasteiger partial charge in [-0.3, -0.25) is 4.79 Å². The zero-order chi connectivity index (χ0) is 17.8. The van der Waals surface area contributed by atoms with Gasteiger partial charge in [0.05, 0.1) is 6.61 Å². The molecule has 1 aromatic rings. The van der Waals surface area contributed by atoms with Gasteiger partial charge in [-0.15, -0.1) is 12.4 Å². The van der Waals surface area contributed by atoms with Crippen molar-refractivity contribution in [3.63, 3.8) is 0 Å². The van der Waals surface area contributed by atoms with Gasteiger partial charge in [-0.1, -0.05) is 19.9 Å². The minimum atomic E-state index is -3.52. The second-order valence-corrected chi connectivity index (χ2v) is 9.03. The first kappa shape index (κ1) is 21.7. The molecule has 0 bridgehead atoms. The normalized spacial score (nSPS) is 16.8. The van der Waals surface area contributed by atoms with Crippen LogP contribution in [0.2, 0.25) is 0 Å². The number of piperidine rings is 1. The van der Waals surface area contributed by atoms with Gasteiger partial charge in [-0.05, 0) is 44.0 Å². The fraction of sp³-hybridized carbons (Fsp3) is 0.588. The number of carbonyl (C=O) groups excluding carboxylic acids is 1. The highest BCUT2D eigenvalue weighted by molar-refractivity contribution is 7.92. The van der Waals surface area contributed by atoms with Gasteiger partial charge in [0, 0.05) is 18.0 Å². The Morgan fingerprint density at radius 1 is 1.32 bits per heavy atom. The predicted octanol–water partition coefficient (Wildman–Crippen LogP) is 2.25. The van der Waals surface area contributed by atoms with E-state index in [0.717, 1.165) is 6.26 Å². The zero-order valence-corrected chi connectivity index (χ0v) is 16.5. The van der Waals surface area contributed by atoms with Crippen LogP contribution in [0.5, 0.6) is 5.75 Å². The molecule has 2 N–H and O–H groups in total. The molecule has 0 saturated carbocycles. The number of nitrogens with one attached hydrogen (secondary N) is 2. The SMILES string of the molecule is CC(C)COc1cccc(NC(=O)C2(S(C)(=O)=O)CCNCC2)c1.Cl. The molecule has 142 valence electrons. The Hall–Kier alpha value is -1.31. The van der Waals surface area contributed by atoms with Crippen LogP contribution in [0.25, 0.3) is 0 Å². The van der Waals surface area contributed by atoms with E-state index in [9.17, 15) is 13.2 Å². The molecular weight excluding hydrogens is 364 g/mol. The van der Waals surface area contributed by atoms with Crippen LogP contribution in [0.15, 0.2) is 24.3 Å². The smallest absolute Gasteiger partial charge is 0.245 e. The first-order valence-corrected chi connectivity index (χ1v) is 10.1. The summed E-state index contributed by atoms with van der Waals surface area (Å²) < 4.78 is 28.8. The highest BCUT2D eigenvalue weighted by Gasteiger charge is 2.48. The van der Waals surface area contributed by atoms with Gasteiger partial charge in [-0.25, -0.2) is 8.42 Å². The van der Waals surface area contributed by atoms with Crippen molar-refractivity contribution in [1.82, 2.24) is 5.32 Å². The summed E-state index contributed by atoms with van der Waals surface area (Å²) in [6.07, 6.45) is 1.70. The van der Waals surface area contributed by atoms with Crippen molar-refractivity contribution in [3.8, 4) is 5.75 Å². The van der Waals surface area contributed by atoms with Crippen LogP contribution in [-0.4, -0.2) is 45.0 Å². The summed E-state index contributed by atoms with van der Waals surface area (Å²) in [4.78, 5) is 12.8. The highest BCUT2D eigenvalue weighted by atomic mass is 35.5. The second kappa shape index (κ2) is 8.87. The molecule has 1 fully saturated rings. The van der Waals surface area contributed by atoms with Crippen molar-refractivity contribution < 1.29 is 17.9 Å². The lowest BCUT2D eigenvalue weighted by molar-refractivity contribution is -0.119. The molecule has 0 radical (unpaired) electrons. The van der Waals surface area contributed by atoms with Crippen LogP contribution in [0.1, 0.15) is 26.7 Å². The number of hydrogen-bond donors (Lipinski definition) is 2. The maximum absolute atomic E-state index is 12.8. The topological polar surface area (TPSA) is 84.5 Å². The fourth-order valence-electron chi connectivity index (χ4n) is 2.77. The summed E-state index contributed by atoms with van der Waals surface area (Å²) in [6.45, 7) is 5.71. The summed E-state index contributed by atoms with van der Waals surface area (Å²) in [6, 6.07) is 7.05. The first-order chi connectivity index (χ1) is 11.2. The number of carbonyl (C=O) groups is 1. The van der Waals surface area contributed by atoms with Gasteiger partial charge in [0.25, 0.3) is 0 Å². The van der Waals surface area contributed by atoms with Crippen LogP contribution in [-0.2, 0) is 14.6 Å². The van der Waals surface area contributed by atoms with E-state index in [1.807, 2.05) is 6.07 Å². The standard InChI is InChI=1S/C17H26N2O4S.ClH/c1-13(2)12-23-15-6-4-5-14(11-15)19-16(20)17(24(3,21)22)7-9-18-10-8-17;/h4-6,11,13,18H,7-10,12H2,1-3H3,(H,19,20);1H. The van der Waals surface area contributed by atoms with Gasteiger partial charge in [-0.2, -0.15) is 0 Å². The number of ether oxygens (including phenoxy) is 1. The van der Waals surface area contributed by atoms with Crippen LogP contribution in [0.3, 0.4) is 0 Å². The number of anilines is 1. The molecule has 1 aliphatic heterocycles. The molecule has 1 aliphatic rings. The average molecular weight is 391 g/mol. The number of halogens is 1. The number of hydrogen-bond acceptors (Lipinski definition) is 5. The Balaban J connectivity index is 0.00000312. The van der Waals surface area contributed by atoms with E-state index in [0.29, 0.717) is 37.1 Å². The summed E-state index contributed by atoms with van der Waals surface area (Å²) in [5, 5.41) is 5.86. The summed E-state index contributed by atoms with van der Waals surface area (Å²) >= 11 is 0. The largest absolute Gasteiger partial charge is 0.493 e. The van der Waals surface area contributed by atoms with E-state index in [4.69, 9.17) is 4.74 Å². The summed E-state index contributed by atoms with van der Waals surface area (Å²) in [5.74, 6) is 0.583. The Labute approximate surface area is 156 Å². The molecule has 25 heavy (non-hydrogen) atoms. The van der Waals surface area contributed by atoms with Gasteiger partial charge in [0.15, 0.2) is 14.6 Å². The molecule has 0 aliphatic carbocycles. The van der Waals surface area contributed by atoms with Crippen molar-refractivity contribution in [1.29, 1.82) is 0 Å². The number of sulfone groups is 1.